The minimum absolute atomic E-state index is 0.0400. The van der Waals surface area contributed by atoms with Gasteiger partial charge in [0.25, 0.3) is 5.56 Å². The molecule has 10 nitrogen and oxygen atoms in total. The zero-order valence-electron chi connectivity index (χ0n) is 24.7. The lowest BCUT2D eigenvalue weighted by Gasteiger charge is -2.49. The number of carbonyl (C=O) groups is 1. The summed E-state index contributed by atoms with van der Waals surface area (Å²) in [6, 6.07) is 21.3. The molecular formula is C33H38N6O4. The molecule has 43 heavy (non-hydrogen) atoms. The van der Waals surface area contributed by atoms with Gasteiger partial charge in [-0.25, -0.2) is 9.78 Å². The van der Waals surface area contributed by atoms with Gasteiger partial charge in [0, 0.05) is 63.6 Å². The van der Waals surface area contributed by atoms with E-state index in [4.69, 9.17) is 9.47 Å². The van der Waals surface area contributed by atoms with Crippen molar-refractivity contribution in [2.45, 2.75) is 44.8 Å². The maximum absolute atomic E-state index is 12.8. The second-order valence-electron chi connectivity index (χ2n) is 11.2. The fourth-order valence-corrected chi connectivity index (χ4v) is 6.27. The second-order valence-corrected chi connectivity index (χ2v) is 11.2. The molecule has 0 unspecified atom stereocenters. The number of hydrogen-bond donors (Lipinski definition) is 1. The number of ether oxygens (including phenoxy) is 2. The minimum atomic E-state index is -0.300. The molecule has 4 heterocycles. The van der Waals surface area contributed by atoms with Gasteiger partial charge in [0.05, 0.1) is 11.6 Å². The molecule has 0 saturated carbocycles. The standard InChI is InChI=1S/C33H38N6O4/c1-3-39-29(40)14-11-26-23-34-31(36-30(26)39)35-24(2)25-9-12-27(13-10-25)33(15-21-42-22-16-33)38-19-17-37(18-20-38)32(41)43-28-7-5-4-6-8-28/h4-14,23-24H,3,15-22H2,1-2H3,(H,34,35,36)/t24-/m0/s1. The molecule has 2 saturated heterocycles. The van der Waals surface area contributed by atoms with Crippen LogP contribution in [0.15, 0.2) is 77.7 Å². The highest BCUT2D eigenvalue weighted by atomic mass is 16.6. The number of para-hydroxylation sites is 1. The lowest BCUT2D eigenvalue weighted by Crippen LogP contribution is -2.58. The smallest absolute Gasteiger partial charge is 0.410 e. The molecule has 224 valence electrons. The van der Waals surface area contributed by atoms with E-state index in [0.29, 0.717) is 50.2 Å². The zero-order chi connectivity index (χ0) is 29.8. The molecule has 0 bridgehead atoms. The topological polar surface area (TPSA) is 102 Å². The van der Waals surface area contributed by atoms with E-state index in [1.807, 2.05) is 25.1 Å². The van der Waals surface area contributed by atoms with Crippen molar-refractivity contribution in [2.75, 3.05) is 44.7 Å². The van der Waals surface area contributed by atoms with Gasteiger partial charge in [0.1, 0.15) is 11.4 Å². The highest BCUT2D eigenvalue weighted by Gasteiger charge is 2.42. The van der Waals surface area contributed by atoms with Gasteiger partial charge in [-0.15, -0.1) is 0 Å². The third-order valence-corrected chi connectivity index (χ3v) is 8.74. The Morgan fingerprint density at radius 2 is 1.72 bits per heavy atom. The number of benzene rings is 2. The van der Waals surface area contributed by atoms with E-state index < -0.39 is 0 Å². The molecular weight excluding hydrogens is 544 g/mol. The summed E-state index contributed by atoms with van der Waals surface area (Å²) < 4.78 is 13.0. The molecule has 2 fully saturated rings. The molecule has 1 amide bonds. The van der Waals surface area contributed by atoms with Crippen molar-refractivity contribution in [1.29, 1.82) is 0 Å². The molecule has 0 radical (unpaired) electrons. The Morgan fingerprint density at radius 1 is 1.00 bits per heavy atom. The van der Waals surface area contributed by atoms with Crippen LogP contribution < -0.4 is 15.6 Å². The molecule has 2 aromatic carbocycles. The number of pyridine rings is 1. The molecule has 4 aromatic rings. The molecule has 6 rings (SSSR count). The SMILES string of the molecule is CCn1c(=O)ccc2cnc(N[C@@H](C)c3ccc(C4(N5CCN(C(=O)Oc6ccccc6)CC5)CCOCC4)cc3)nc21. The van der Waals surface area contributed by atoms with Crippen molar-refractivity contribution >= 4 is 23.1 Å². The summed E-state index contributed by atoms with van der Waals surface area (Å²) in [6.45, 7) is 8.75. The van der Waals surface area contributed by atoms with Gasteiger partial charge in [-0.05, 0) is 56.0 Å². The van der Waals surface area contributed by atoms with E-state index in [1.54, 1.807) is 39.9 Å². The van der Waals surface area contributed by atoms with Crippen molar-refractivity contribution in [1.82, 2.24) is 24.3 Å². The summed E-state index contributed by atoms with van der Waals surface area (Å²) in [5.41, 5.74) is 2.79. The molecule has 0 spiro atoms. The number of fused-ring (bicyclic) bond motifs is 1. The van der Waals surface area contributed by atoms with Gasteiger partial charge in [0.15, 0.2) is 0 Å². The minimum Gasteiger partial charge on any atom is -0.410 e. The summed E-state index contributed by atoms with van der Waals surface area (Å²) in [7, 11) is 0. The van der Waals surface area contributed by atoms with E-state index in [2.05, 4.69) is 51.4 Å². The van der Waals surface area contributed by atoms with Crippen LogP contribution in [-0.4, -0.2) is 69.8 Å². The molecule has 0 aliphatic carbocycles. The Hall–Kier alpha value is -4.28. The van der Waals surface area contributed by atoms with E-state index in [-0.39, 0.29) is 23.2 Å². The quantitative estimate of drug-likeness (QED) is 0.332. The first-order valence-electron chi connectivity index (χ1n) is 15.0. The second kappa shape index (κ2) is 12.5. The van der Waals surface area contributed by atoms with Gasteiger partial charge < -0.3 is 19.7 Å². The molecule has 2 aliphatic rings. The third-order valence-electron chi connectivity index (χ3n) is 8.74. The van der Waals surface area contributed by atoms with Crippen molar-refractivity contribution in [3.05, 3.63) is 94.4 Å². The Kier molecular flexibility index (Phi) is 8.40. The largest absolute Gasteiger partial charge is 0.415 e. The monoisotopic (exact) mass is 582 g/mol. The first kappa shape index (κ1) is 28.8. The summed E-state index contributed by atoms with van der Waals surface area (Å²) in [4.78, 5) is 38.5. The Morgan fingerprint density at radius 3 is 2.42 bits per heavy atom. The van der Waals surface area contributed by atoms with Crippen LogP contribution in [0, 0.1) is 0 Å². The molecule has 10 heteroatoms. The number of rotatable bonds is 7. The normalized spacial score (nSPS) is 17.9. The van der Waals surface area contributed by atoms with Gasteiger partial charge >= 0.3 is 6.09 Å². The number of nitrogens with zero attached hydrogens (tertiary/aromatic N) is 5. The fraction of sp³-hybridized carbons (Fsp3) is 0.394. The Balaban J connectivity index is 1.15. The maximum Gasteiger partial charge on any atom is 0.415 e. The van der Waals surface area contributed by atoms with Crippen molar-refractivity contribution in [2.24, 2.45) is 0 Å². The predicted octanol–water partition coefficient (Wildman–Crippen LogP) is 4.81. The van der Waals surface area contributed by atoms with Crippen LogP contribution in [0.1, 0.15) is 43.9 Å². The van der Waals surface area contributed by atoms with Crippen LogP contribution in [-0.2, 0) is 16.8 Å². The van der Waals surface area contributed by atoms with E-state index >= 15 is 0 Å². The molecule has 1 atom stereocenters. The predicted molar refractivity (Wildman–Crippen MR) is 165 cm³/mol. The number of aryl methyl sites for hydroxylation is 1. The van der Waals surface area contributed by atoms with Crippen LogP contribution in [0.5, 0.6) is 5.75 Å². The molecule has 2 aliphatic heterocycles. The first-order chi connectivity index (χ1) is 21.0. The van der Waals surface area contributed by atoms with Gasteiger partial charge in [-0.3, -0.25) is 14.3 Å². The van der Waals surface area contributed by atoms with Gasteiger partial charge in [-0.1, -0.05) is 42.5 Å². The van der Waals surface area contributed by atoms with Crippen LogP contribution in [0.2, 0.25) is 0 Å². The summed E-state index contributed by atoms with van der Waals surface area (Å²) >= 11 is 0. The fourth-order valence-electron chi connectivity index (χ4n) is 6.27. The number of amides is 1. The zero-order valence-corrected chi connectivity index (χ0v) is 24.7. The van der Waals surface area contributed by atoms with Crippen molar-refractivity contribution in [3.8, 4) is 5.75 Å². The lowest BCUT2D eigenvalue weighted by atomic mass is 9.80. The van der Waals surface area contributed by atoms with Gasteiger partial charge in [-0.2, -0.15) is 4.98 Å². The van der Waals surface area contributed by atoms with Crippen molar-refractivity contribution in [3.63, 3.8) is 0 Å². The number of aromatic nitrogens is 3. The Labute approximate surface area is 251 Å². The molecule has 2 aromatic heterocycles. The maximum atomic E-state index is 12.8. The average Bonchev–Trinajstić information content (AvgIpc) is 3.05. The van der Waals surface area contributed by atoms with Gasteiger partial charge in [0.2, 0.25) is 5.95 Å². The third kappa shape index (κ3) is 5.98. The summed E-state index contributed by atoms with van der Waals surface area (Å²) in [6.07, 6.45) is 3.26. The average molecular weight is 583 g/mol. The van der Waals surface area contributed by atoms with E-state index in [0.717, 1.165) is 36.9 Å². The van der Waals surface area contributed by atoms with Crippen LogP contribution in [0.3, 0.4) is 0 Å². The van der Waals surface area contributed by atoms with E-state index in [1.165, 1.54) is 5.56 Å². The lowest BCUT2D eigenvalue weighted by molar-refractivity contribution is -0.0483. The van der Waals surface area contributed by atoms with Crippen LogP contribution in [0.25, 0.3) is 11.0 Å². The molecule has 1 N–H and O–H groups in total. The summed E-state index contributed by atoms with van der Waals surface area (Å²) in [5, 5.41) is 4.24. The van der Waals surface area contributed by atoms with Crippen molar-refractivity contribution < 1.29 is 14.3 Å². The van der Waals surface area contributed by atoms with E-state index in [9.17, 15) is 9.59 Å². The number of carbonyl (C=O) groups excluding carboxylic acids is 1. The number of anilines is 1. The Bertz CT molecular complexity index is 1610. The van der Waals surface area contributed by atoms with Crippen LogP contribution >= 0.6 is 0 Å². The highest BCUT2D eigenvalue weighted by molar-refractivity contribution is 5.75. The number of piperazine rings is 1. The summed E-state index contributed by atoms with van der Waals surface area (Å²) in [5.74, 6) is 1.05. The first-order valence-corrected chi connectivity index (χ1v) is 15.0. The van der Waals surface area contributed by atoms with Crippen LogP contribution in [0.4, 0.5) is 10.7 Å². The number of hydrogen-bond acceptors (Lipinski definition) is 8. The number of nitrogens with one attached hydrogen (secondary N) is 1. The highest BCUT2D eigenvalue weighted by Crippen LogP contribution is 2.39.